The second-order valence-corrected chi connectivity index (χ2v) is 10.5. The SMILES string of the molecule is CCC(C)C(NC(=O)OC(C)(C)C)C(=O)N(C(C)C)C(C(=O)Nc1ccc(OC)cc1)c1ccccc1O. The van der Waals surface area contributed by atoms with Crippen molar-refractivity contribution in [3.8, 4) is 11.5 Å². The van der Waals surface area contributed by atoms with E-state index in [4.69, 9.17) is 9.47 Å². The maximum absolute atomic E-state index is 14.1. The van der Waals surface area contributed by atoms with E-state index in [1.165, 1.54) is 11.0 Å². The number of hydrogen-bond acceptors (Lipinski definition) is 6. The van der Waals surface area contributed by atoms with E-state index >= 15 is 0 Å². The van der Waals surface area contributed by atoms with Crippen molar-refractivity contribution in [1.82, 2.24) is 10.2 Å². The molecule has 0 heterocycles. The van der Waals surface area contributed by atoms with Crippen LogP contribution >= 0.6 is 0 Å². The standard InChI is InChI=1S/C29H41N3O6/c1-9-19(4)24(31-28(36)38-29(5,6)7)27(35)32(18(2)3)25(22-12-10-11-13-23(22)33)26(34)30-20-14-16-21(37-8)17-15-20/h10-19,24-25,33H,9H2,1-8H3,(H,30,34)(H,31,36). The van der Waals surface area contributed by atoms with Gasteiger partial charge in [0.05, 0.1) is 7.11 Å². The molecule has 0 aliphatic carbocycles. The molecule has 3 amide bonds. The molecule has 0 radical (unpaired) electrons. The summed E-state index contributed by atoms with van der Waals surface area (Å²) < 4.78 is 10.6. The Morgan fingerprint density at radius 3 is 2.11 bits per heavy atom. The van der Waals surface area contributed by atoms with E-state index in [0.29, 0.717) is 17.9 Å². The van der Waals surface area contributed by atoms with Crippen LogP contribution in [0, 0.1) is 5.92 Å². The molecule has 2 aromatic carbocycles. The fraction of sp³-hybridized carbons (Fsp3) is 0.483. The number of aromatic hydroxyl groups is 1. The van der Waals surface area contributed by atoms with Gasteiger partial charge in [0.2, 0.25) is 5.91 Å². The molecule has 3 unspecified atom stereocenters. The van der Waals surface area contributed by atoms with Crippen LogP contribution in [0.5, 0.6) is 11.5 Å². The molecule has 38 heavy (non-hydrogen) atoms. The van der Waals surface area contributed by atoms with E-state index in [1.807, 2.05) is 13.8 Å². The number of methoxy groups -OCH3 is 1. The molecule has 2 aromatic rings. The molecule has 0 spiro atoms. The Morgan fingerprint density at radius 1 is 1.00 bits per heavy atom. The minimum absolute atomic E-state index is 0.124. The zero-order valence-corrected chi connectivity index (χ0v) is 23.6. The molecule has 0 aromatic heterocycles. The first-order valence-corrected chi connectivity index (χ1v) is 12.8. The molecule has 0 saturated carbocycles. The summed E-state index contributed by atoms with van der Waals surface area (Å²) in [5.41, 5.74) is 0.0139. The number of hydrogen-bond donors (Lipinski definition) is 3. The highest BCUT2D eigenvalue weighted by atomic mass is 16.6. The van der Waals surface area contributed by atoms with Gasteiger partial charge in [0.1, 0.15) is 29.2 Å². The topological polar surface area (TPSA) is 117 Å². The number of alkyl carbamates (subject to hydrolysis) is 1. The molecule has 0 aliphatic rings. The van der Waals surface area contributed by atoms with Crippen molar-refractivity contribution in [3.05, 3.63) is 54.1 Å². The van der Waals surface area contributed by atoms with Gasteiger partial charge in [-0.15, -0.1) is 0 Å². The van der Waals surface area contributed by atoms with Gasteiger partial charge in [-0.2, -0.15) is 0 Å². The Balaban J connectivity index is 2.53. The van der Waals surface area contributed by atoms with Crippen LogP contribution in [0.25, 0.3) is 0 Å². The van der Waals surface area contributed by atoms with Crippen LogP contribution in [0.15, 0.2) is 48.5 Å². The predicted molar refractivity (Wildman–Crippen MR) is 147 cm³/mol. The Hall–Kier alpha value is -3.75. The quantitative estimate of drug-likeness (QED) is 0.388. The van der Waals surface area contributed by atoms with Crippen LogP contribution in [0.4, 0.5) is 10.5 Å². The normalized spacial score (nSPS) is 13.7. The number of ether oxygens (including phenoxy) is 2. The van der Waals surface area contributed by atoms with Crippen LogP contribution in [0.3, 0.4) is 0 Å². The minimum atomic E-state index is -1.18. The summed E-state index contributed by atoms with van der Waals surface area (Å²) >= 11 is 0. The van der Waals surface area contributed by atoms with Crippen LogP contribution < -0.4 is 15.4 Å². The number of para-hydroxylation sites is 1. The molecule has 3 atom stereocenters. The van der Waals surface area contributed by atoms with Gasteiger partial charge in [0.25, 0.3) is 5.91 Å². The molecule has 0 fully saturated rings. The highest BCUT2D eigenvalue weighted by Gasteiger charge is 2.40. The lowest BCUT2D eigenvalue weighted by atomic mass is 9.94. The van der Waals surface area contributed by atoms with Gasteiger partial charge in [-0.1, -0.05) is 38.5 Å². The van der Waals surface area contributed by atoms with E-state index in [2.05, 4.69) is 10.6 Å². The van der Waals surface area contributed by atoms with Crippen LogP contribution in [0.2, 0.25) is 0 Å². The van der Waals surface area contributed by atoms with Crippen molar-refractivity contribution in [1.29, 1.82) is 0 Å². The lowest BCUT2D eigenvalue weighted by molar-refractivity contribution is -0.144. The molecule has 0 aliphatic heterocycles. The largest absolute Gasteiger partial charge is 0.508 e. The van der Waals surface area contributed by atoms with E-state index in [0.717, 1.165) is 0 Å². The lowest BCUT2D eigenvalue weighted by Gasteiger charge is -2.38. The number of nitrogens with one attached hydrogen (secondary N) is 2. The Kier molecular flexibility index (Phi) is 10.6. The highest BCUT2D eigenvalue weighted by Crippen LogP contribution is 2.33. The number of benzene rings is 2. The van der Waals surface area contributed by atoms with Crippen LogP contribution in [-0.4, -0.2) is 52.7 Å². The van der Waals surface area contributed by atoms with Gasteiger partial charge >= 0.3 is 6.09 Å². The van der Waals surface area contributed by atoms with Crippen molar-refractivity contribution in [2.24, 2.45) is 5.92 Å². The van der Waals surface area contributed by atoms with Crippen LogP contribution in [0.1, 0.15) is 66.5 Å². The summed E-state index contributed by atoms with van der Waals surface area (Å²) in [4.78, 5) is 42.0. The van der Waals surface area contributed by atoms with Gasteiger partial charge in [-0.25, -0.2) is 4.79 Å². The maximum Gasteiger partial charge on any atom is 0.408 e. The van der Waals surface area contributed by atoms with Crippen molar-refractivity contribution >= 4 is 23.6 Å². The summed E-state index contributed by atoms with van der Waals surface area (Å²) in [6.07, 6.45) is -0.126. The Bertz CT molecular complexity index is 1090. The monoisotopic (exact) mass is 527 g/mol. The molecule has 0 bridgehead atoms. The lowest BCUT2D eigenvalue weighted by Crippen LogP contribution is -2.56. The number of carbonyl (C=O) groups is 3. The first-order chi connectivity index (χ1) is 17.8. The van der Waals surface area contributed by atoms with Gasteiger partial charge in [-0.3, -0.25) is 9.59 Å². The number of carbonyl (C=O) groups excluding carboxylic acids is 3. The molecule has 2 rings (SSSR count). The van der Waals surface area contributed by atoms with Crippen molar-refractivity contribution < 1.29 is 29.0 Å². The Labute approximate surface area is 225 Å². The molecular weight excluding hydrogens is 486 g/mol. The first kappa shape index (κ1) is 30.5. The number of anilines is 1. The van der Waals surface area contributed by atoms with E-state index in [-0.39, 0.29) is 17.2 Å². The Morgan fingerprint density at radius 2 is 1.61 bits per heavy atom. The summed E-state index contributed by atoms with van der Waals surface area (Å²) in [6, 6.07) is 10.6. The molecule has 9 nitrogen and oxygen atoms in total. The summed E-state index contributed by atoms with van der Waals surface area (Å²) in [7, 11) is 1.55. The fourth-order valence-electron chi connectivity index (χ4n) is 3.98. The third-order valence-electron chi connectivity index (χ3n) is 6.08. The van der Waals surface area contributed by atoms with E-state index < -0.39 is 41.6 Å². The average Bonchev–Trinajstić information content (AvgIpc) is 2.84. The number of phenols is 1. The molecule has 9 heteroatoms. The van der Waals surface area contributed by atoms with Crippen molar-refractivity contribution in [2.45, 2.75) is 78.6 Å². The van der Waals surface area contributed by atoms with Gasteiger partial charge in [0.15, 0.2) is 0 Å². The zero-order chi connectivity index (χ0) is 28.6. The summed E-state index contributed by atoms with van der Waals surface area (Å²) in [5, 5.41) is 16.3. The summed E-state index contributed by atoms with van der Waals surface area (Å²) in [6.45, 7) is 12.6. The average molecular weight is 528 g/mol. The summed E-state index contributed by atoms with van der Waals surface area (Å²) in [5.74, 6) is -0.729. The third-order valence-corrected chi connectivity index (χ3v) is 6.08. The van der Waals surface area contributed by atoms with Crippen molar-refractivity contribution in [2.75, 3.05) is 12.4 Å². The van der Waals surface area contributed by atoms with E-state index in [1.54, 1.807) is 84.2 Å². The second kappa shape index (κ2) is 13.2. The minimum Gasteiger partial charge on any atom is -0.508 e. The maximum atomic E-state index is 14.1. The first-order valence-electron chi connectivity index (χ1n) is 12.8. The highest BCUT2D eigenvalue weighted by molar-refractivity contribution is 5.99. The number of amides is 3. The van der Waals surface area contributed by atoms with Gasteiger partial charge in [-0.05, 0) is 70.9 Å². The molecule has 208 valence electrons. The van der Waals surface area contributed by atoms with Gasteiger partial charge < -0.3 is 30.1 Å². The van der Waals surface area contributed by atoms with Gasteiger partial charge in [0, 0.05) is 17.3 Å². The molecular formula is C29H41N3O6. The van der Waals surface area contributed by atoms with E-state index in [9.17, 15) is 19.5 Å². The number of nitrogens with zero attached hydrogens (tertiary/aromatic N) is 1. The smallest absolute Gasteiger partial charge is 0.408 e. The molecule has 0 saturated heterocycles. The second-order valence-electron chi connectivity index (χ2n) is 10.5. The predicted octanol–water partition coefficient (Wildman–Crippen LogP) is 5.26. The molecule has 3 N–H and O–H groups in total. The zero-order valence-electron chi connectivity index (χ0n) is 23.6. The van der Waals surface area contributed by atoms with Crippen molar-refractivity contribution in [3.63, 3.8) is 0 Å². The third kappa shape index (κ3) is 8.13. The van der Waals surface area contributed by atoms with Crippen LogP contribution in [-0.2, 0) is 14.3 Å². The number of phenolic OH excluding ortho intramolecular Hbond substituents is 1. The number of rotatable bonds is 10. The fourth-order valence-corrected chi connectivity index (χ4v) is 3.98.